The fourth-order valence-electron chi connectivity index (χ4n) is 1.32. The Morgan fingerprint density at radius 1 is 1.29 bits per heavy atom. The number of nitrogens with zero attached hydrogens (tertiary/aromatic N) is 3. The van der Waals surface area contributed by atoms with Crippen molar-refractivity contribution in [2.75, 3.05) is 0 Å². The van der Waals surface area contributed by atoms with Crippen LogP contribution in [0.5, 0.6) is 0 Å². The van der Waals surface area contributed by atoms with Gasteiger partial charge < -0.3 is 4.57 Å². The lowest BCUT2D eigenvalue weighted by Gasteiger charge is -2.02. The fraction of sp³-hybridized carbons (Fsp3) is 0.0909. The standard InChI is InChI=1S/C11H9N3/c12-8-11-5-3-7-14(11)9-10-4-1-2-6-13-10/h1-7H,9H2. The van der Waals surface area contributed by atoms with Gasteiger partial charge >= 0.3 is 0 Å². The third kappa shape index (κ3) is 1.64. The average Bonchev–Trinajstić information content (AvgIpc) is 2.67. The summed E-state index contributed by atoms with van der Waals surface area (Å²) in [6.07, 6.45) is 3.64. The summed E-state index contributed by atoms with van der Waals surface area (Å²) >= 11 is 0. The van der Waals surface area contributed by atoms with E-state index in [2.05, 4.69) is 11.1 Å². The molecule has 0 spiro atoms. The fourth-order valence-corrected chi connectivity index (χ4v) is 1.32. The number of rotatable bonds is 2. The van der Waals surface area contributed by atoms with E-state index >= 15 is 0 Å². The zero-order chi connectivity index (χ0) is 9.80. The predicted octanol–water partition coefficient (Wildman–Crippen LogP) is 1.80. The highest BCUT2D eigenvalue weighted by atomic mass is 15.0. The summed E-state index contributed by atoms with van der Waals surface area (Å²) < 4.78 is 1.88. The minimum atomic E-state index is 0.650. The Hall–Kier alpha value is -2.08. The molecule has 0 aromatic carbocycles. The van der Waals surface area contributed by atoms with E-state index in [1.165, 1.54) is 0 Å². The van der Waals surface area contributed by atoms with Gasteiger partial charge in [-0.05, 0) is 24.3 Å². The first kappa shape index (κ1) is 8.52. The summed E-state index contributed by atoms with van der Waals surface area (Å²) in [5.41, 5.74) is 1.62. The van der Waals surface area contributed by atoms with Gasteiger partial charge in [0.1, 0.15) is 11.8 Å². The highest BCUT2D eigenvalue weighted by molar-refractivity contribution is 5.23. The molecule has 14 heavy (non-hydrogen) atoms. The minimum Gasteiger partial charge on any atom is -0.333 e. The Balaban J connectivity index is 2.24. The van der Waals surface area contributed by atoms with E-state index in [0.29, 0.717) is 12.2 Å². The van der Waals surface area contributed by atoms with Crippen LogP contribution >= 0.6 is 0 Å². The molecule has 0 aliphatic carbocycles. The van der Waals surface area contributed by atoms with Crippen molar-refractivity contribution in [2.45, 2.75) is 6.54 Å². The lowest BCUT2D eigenvalue weighted by Crippen LogP contribution is -2.01. The van der Waals surface area contributed by atoms with Gasteiger partial charge in [-0.1, -0.05) is 6.07 Å². The second-order valence-electron chi connectivity index (χ2n) is 2.95. The van der Waals surface area contributed by atoms with E-state index in [1.807, 2.05) is 35.0 Å². The van der Waals surface area contributed by atoms with Crippen LogP contribution in [0.2, 0.25) is 0 Å². The molecule has 0 aliphatic rings. The summed E-state index contributed by atoms with van der Waals surface area (Å²) in [5, 5.41) is 8.79. The van der Waals surface area contributed by atoms with Gasteiger partial charge in [-0.3, -0.25) is 4.98 Å². The summed E-state index contributed by atoms with van der Waals surface area (Å²) in [7, 11) is 0. The van der Waals surface area contributed by atoms with Crippen molar-refractivity contribution in [1.82, 2.24) is 9.55 Å². The second-order valence-corrected chi connectivity index (χ2v) is 2.95. The SMILES string of the molecule is N#Cc1cccn1Cc1ccccn1. The van der Waals surface area contributed by atoms with Crippen molar-refractivity contribution in [3.8, 4) is 6.07 Å². The molecule has 68 valence electrons. The molecule has 2 heterocycles. The zero-order valence-electron chi connectivity index (χ0n) is 7.59. The molecule has 0 fully saturated rings. The molecule has 2 aromatic rings. The Labute approximate surface area is 82.2 Å². The van der Waals surface area contributed by atoms with Gasteiger partial charge in [-0.2, -0.15) is 5.26 Å². The number of nitriles is 1. The number of hydrogen-bond acceptors (Lipinski definition) is 2. The summed E-state index contributed by atoms with van der Waals surface area (Å²) in [4.78, 5) is 4.20. The van der Waals surface area contributed by atoms with Crippen molar-refractivity contribution in [3.63, 3.8) is 0 Å². The Kier molecular flexibility index (Phi) is 2.28. The van der Waals surface area contributed by atoms with E-state index in [0.717, 1.165) is 5.69 Å². The molecule has 0 bridgehead atoms. The lowest BCUT2D eigenvalue weighted by atomic mass is 10.3. The molecule has 0 atom stereocenters. The van der Waals surface area contributed by atoms with Crippen molar-refractivity contribution in [3.05, 3.63) is 54.1 Å². The Bertz CT molecular complexity index is 451. The molecule has 0 radical (unpaired) electrons. The van der Waals surface area contributed by atoms with Crippen LogP contribution in [0.15, 0.2) is 42.7 Å². The van der Waals surface area contributed by atoms with Crippen LogP contribution in [0.25, 0.3) is 0 Å². The maximum absolute atomic E-state index is 8.79. The number of pyridine rings is 1. The van der Waals surface area contributed by atoms with Gasteiger partial charge in [0.2, 0.25) is 0 Å². The zero-order valence-corrected chi connectivity index (χ0v) is 7.59. The first-order valence-electron chi connectivity index (χ1n) is 4.35. The lowest BCUT2D eigenvalue weighted by molar-refractivity contribution is 0.770. The molecule has 3 heteroatoms. The first-order chi connectivity index (χ1) is 6.90. The van der Waals surface area contributed by atoms with Crippen molar-refractivity contribution in [1.29, 1.82) is 5.26 Å². The molecule has 0 unspecified atom stereocenters. The van der Waals surface area contributed by atoms with E-state index in [4.69, 9.17) is 5.26 Å². The van der Waals surface area contributed by atoms with Crippen LogP contribution in [-0.2, 0) is 6.54 Å². The van der Waals surface area contributed by atoms with Gasteiger partial charge in [0, 0.05) is 12.4 Å². The summed E-state index contributed by atoms with van der Waals surface area (Å²) in [5.74, 6) is 0. The van der Waals surface area contributed by atoms with Crippen molar-refractivity contribution < 1.29 is 0 Å². The minimum absolute atomic E-state index is 0.650. The van der Waals surface area contributed by atoms with Crippen LogP contribution < -0.4 is 0 Å². The molecule has 0 N–H and O–H groups in total. The van der Waals surface area contributed by atoms with Crippen LogP contribution in [0.1, 0.15) is 11.4 Å². The molecule has 2 rings (SSSR count). The topological polar surface area (TPSA) is 41.6 Å². The molecule has 0 saturated carbocycles. The number of aromatic nitrogens is 2. The predicted molar refractivity (Wildman–Crippen MR) is 52.5 cm³/mol. The third-order valence-electron chi connectivity index (χ3n) is 2.00. The molecular formula is C11H9N3. The van der Waals surface area contributed by atoms with Gasteiger partial charge in [0.25, 0.3) is 0 Å². The highest BCUT2D eigenvalue weighted by Gasteiger charge is 2.00. The largest absolute Gasteiger partial charge is 0.333 e. The van der Waals surface area contributed by atoms with Crippen LogP contribution in [0, 0.1) is 11.3 Å². The molecule has 0 saturated heterocycles. The molecule has 3 nitrogen and oxygen atoms in total. The summed E-state index contributed by atoms with van der Waals surface area (Å²) in [6, 6.07) is 11.6. The maximum atomic E-state index is 8.79. The van der Waals surface area contributed by atoms with Gasteiger partial charge in [0.15, 0.2) is 0 Å². The maximum Gasteiger partial charge on any atom is 0.120 e. The normalized spacial score (nSPS) is 9.64. The van der Waals surface area contributed by atoms with Crippen LogP contribution in [0.3, 0.4) is 0 Å². The summed E-state index contributed by atoms with van der Waals surface area (Å²) in [6.45, 7) is 0.650. The molecule has 0 aliphatic heterocycles. The highest BCUT2D eigenvalue weighted by Crippen LogP contribution is 2.04. The van der Waals surface area contributed by atoms with E-state index in [-0.39, 0.29) is 0 Å². The van der Waals surface area contributed by atoms with Crippen LogP contribution in [-0.4, -0.2) is 9.55 Å². The first-order valence-corrected chi connectivity index (χ1v) is 4.35. The van der Waals surface area contributed by atoms with Gasteiger partial charge in [0.05, 0.1) is 12.2 Å². The quantitative estimate of drug-likeness (QED) is 0.712. The van der Waals surface area contributed by atoms with Gasteiger partial charge in [-0.15, -0.1) is 0 Å². The van der Waals surface area contributed by atoms with Gasteiger partial charge in [-0.25, -0.2) is 0 Å². The second kappa shape index (κ2) is 3.75. The van der Waals surface area contributed by atoms with E-state index in [9.17, 15) is 0 Å². The molecule has 0 amide bonds. The van der Waals surface area contributed by atoms with Crippen molar-refractivity contribution in [2.24, 2.45) is 0 Å². The Morgan fingerprint density at radius 3 is 2.93 bits per heavy atom. The van der Waals surface area contributed by atoms with Crippen molar-refractivity contribution >= 4 is 0 Å². The third-order valence-corrected chi connectivity index (χ3v) is 2.00. The van der Waals surface area contributed by atoms with Crippen LogP contribution in [0.4, 0.5) is 0 Å². The molecule has 2 aromatic heterocycles. The average molecular weight is 183 g/mol. The Morgan fingerprint density at radius 2 is 2.21 bits per heavy atom. The monoisotopic (exact) mass is 183 g/mol. The number of hydrogen-bond donors (Lipinski definition) is 0. The molecular weight excluding hydrogens is 174 g/mol. The van der Waals surface area contributed by atoms with E-state index < -0.39 is 0 Å². The van der Waals surface area contributed by atoms with E-state index in [1.54, 1.807) is 12.3 Å². The smallest absolute Gasteiger partial charge is 0.120 e.